The molecule has 20 heavy (non-hydrogen) atoms. The Kier molecular flexibility index (Phi) is 4.93. The molecule has 0 aliphatic carbocycles. The summed E-state index contributed by atoms with van der Waals surface area (Å²) in [6, 6.07) is 12.8. The maximum Gasteiger partial charge on any atom is 0.0548 e. The predicted molar refractivity (Wildman–Crippen MR) is 92.8 cm³/mol. The highest BCUT2D eigenvalue weighted by Gasteiger charge is 2.15. The van der Waals surface area contributed by atoms with Gasteiger partial charge in [-0.3, -0.25) is 0 Å². The van der Waals surface area contributed by atoms with Crippen LogP contribution in [0.2, 0.25) is 5.02 Å². The molecule has 2 aromatic rings. The van der Waals surface area contributed by atoms with Gasteiger partial charge in [-0.25, -0.2) is 0 Å². The monoisotopic (exact) mass is 350 g/mol. The molecule has 0 spiro atoms. The highest BCUT2D eigenvalue weighted by atomic mass is 79.9. The molecule has 0 aromatic heterocycles. The minimum atomic E-state index is 0.498. The third-order valence-electron chi connectivity index (χ3n) is 3.58. The molecule has 0 saturated carbocycles. The standard InChI is InChI=1S/C18H20BrCl/c1-11(2)14-6-5-7-15(12(3)4)18(14)13-8-9-17(20)16(19)10-13/h5-12H,1-4H3. The lowest BCUT2D eigenvalue weighted by molar-refractivity contribution is 0.838. The Balaban J connectivity index is 2.72. The van der Waals surface area contributed by atoms with Crippen molar-refractivity contribution in [3.8, 4) is 11.1 Å². The van der Waals surface area contributed by atoms with Crippen molar-refractivity contribution in [3.63, 3.8) is 0 Å². The third kappa shape index (κ3) is 3.10. The molecule has 0 saturated heterocycles. The van der Waals surface area contributed by atoms with Gasteiger partial charge in [-0.15, -0.1) is 0 Å². The smallest absolute Gasteiger partial charge is 0.0548 e. The van der Waals surface area contributed by atoms with Crippen LogP contribution < -0.4 is 0 Å². The van der Waals surface area contributed by atoms with Gasteiger partial charge in [0.25, 0.3) is 0 Å². The molecule has 0 nitrogen and oxygen atoms in total. The summed E-state index contributed by atoms with van der Waals surface area (Å²) in [7, 11) is 0. The summed E-state index contributed by atoms with van der Waals surface area (Å²) in [5.74, 6) is 0.997. The van der Waals surface area contributed by atoms with Gasteiger partial charge >= 0.3 is 0 Å². The van der Waals surface area contributed by atoms with Gasteiger partial charge in [-0.05, 0) is 62.2 Å². The first kappa shape index (κ1) is 15.6. The fraction of sp³-hybridized carbons (Fsp3) is 0.333. The van der Waals surface area contributed by atoms with Gasteiger partial charge in [-0.2, -0.15) is 0 Å². The first-order chi connectivity index (χ1) is 9.41. The van der Waals surface area contributed by atoms with E-state index in [1.165, 1.54) is 22.3 Å². The molecule has 0 radical (unpaired) electrons. The van der Waals surface area contributed by atoms with Crippen LogP contribution in [0.5, 0.6) is 0 Å². The second kappa shape index (κ2) is 6.32. The molecular formula is C18H20BrCl. The number of hydrogen-bond donors (Lipinski definition) is 0. The Morgan fingerprint density at radius 1 is 0.900 bits per heavy atom. The summed E-state index contributed by atoms with van der Waals surface area (Å²) < 4.78 is 0.949. The maximum atomic E-state index is 6.13. The molecule has 0 atom stereocenters. The molecule has 2 rings (SSSR count). The summed E-state index contributed by atoms with van der Waals surface area (Å²) in [5.41, 5.74) is 5.37. The van der Waals surface area contributed by atoms with Gasteiger partial charge in [0, 0.05) is 4.47 Å². The Bertz CT molecular complexity index is 589. The number of hydrogen-bond acceptors (Lipinski definition) is 0. The van der Waals surface area contributed by atoms with E-state index in [9.17, 15) is 0 Å². The molecule has 0 heterocycles. The molecule has 0 bridgehead atoms. The minimum Gasteiger partial charge on any atom is -0.0831 e. The highest BCUT2D eigenvalue weighted by molar-refractivity contribution is 9.10. The van der Waals surface area contributed by atoms with Crippen molar-refractivity contribution in [1.82, 2.24) is 0 Å². The molecule has 2 aromatic carbocycles. The Hall–Kier alpha value is -0.790. The molecule has 2 heteroatoms. The van der Waals surface area contributed by atoms with Crippen LogP contribution in [-0.2, 0) is 0 Å². The van der Waals surface area contributed by atoms with Gasteiger partial charge in [0.05, 0.1) is 5.02 Å². The third-order valence-corrected chi connectivity index (χ3v) is 4.80. The van der Waals surface area contributed by atoms with E-state index in [1.54, 1.807) is 0 Å². The van der Waals surface area contributed by atoms with E-state index >= 15 is 0 Å². The largest absolute Gasteiger partial charge is 0.0831 e. The van der Waals surface area contributed by atoms with Crippen molar-refractivity contribution in [1.29, 1.82) is 0 Å². The minimum absolute atomic E-state index is 0.498. The van der Waals surface area contributed by atoms with E-state index in [2.05, 4.69) is 74.0 Å². The van der Waals surface area contributed by atoms with Gasteiger partial charge in [0.1, 0.15) is 0 Å². The summed E-state index contributed by atoms with van der Waals surface area (Å²) >= 11 is 9.66. The Morgan fingerprint density at radius 3 is 1.90 bits per heavy atom. The zero-order valence-corrected chi connectivity index (χ0v) is 14.7. The lowest BCUT2D eigenvalue weighted by Crippen LogP contribution is -1.99. The maximum absolute atomic E-state index is 6.13. The zero-order chi connectivity index (χ0) is 14.9. The predicted octanol–water partition coefficient (Wildman–Crippen LogP) is 7.02. The SMILES string of the molecule is CC(C)c1cccc(C(C)C)c1-c1ccc(Cl)c(Br)c1. The molecule has 0 fully saturated rings. The van der Waals surface area contributed by atoms with Gasteiger partial charge < -0.3 is 0 Å². The van der Waals surface area contributed by atoms with Gasteiger partial charge in [-0.1, -0.05) is 63.6 Å². The first-order valence-electron chi connectivity index (χ1n) is 7.00. The second-order valence-electron chi connectivity index (χ2n) is 5.75. The van der Waals surface area contributed by atoms with Gasteiger partial charge in [0.15, 0.2) is 0 Å². The zero-order valence-electron chi connectivity index (χ0n) is 12.4. The van der Waals surface area contributed by atoms with Crippen molar-refractivity contribution in [2.75, 3.05) is 0 Å². The van der Waals surface area contributed by atoms with Gasteiger partial charge in [0.2, 0.25) is 0 Å². The number of halogens is 2. The van der Waals surface area contributed by atoms with Crippen molar-refractivity contribution in [2.24, 2.45) is 0 Å². The topological polar surface area (TPSA) is 0 Å². The first-order valence-corrected chi connectivity index (χ1v) is 8.17. The normalized spacial score (nSPS) is 11.4. The molecule has 0 aliphatic rings. The highest BCUT2D eigenvalue weighted by Crippen LogP contribution is 2.38. The second-order valence-corrected chi connectivity index (χ2v) is 7.01. The van der Waals surface area contributed by atoms with Crippen molar-refractivity contribution in [2.45, 2.75) is 39.5 Å². The molecule has 0 amide bonds. The quantitative estimate of drug-likeness (QED) is 0.557. The van der Waals surface area contributed by atoms with Crippen LogP contribution in [0.3, 0.4) is 0 Å². The molecule has 106 valence electrons. The average molecular weight is 352 g/mol. The average Bonchev–Trinajstić information content (AvgIpc) is 2.41. The van der Waals surface area contributed by atoms with Crippen molar-refractivity contribution >= 4 is 27.5 Å². The summed E-state index contributed by atoms with van der Waals surface area (Å²) in [6.45, 7) is 8.98. The van der Waals surface area contributed by atoms with Crippen LogP contribution in [0.1, 0.15) is 50.7 Å². The number of rotatable bonds is 3. The fourth-order valence-corrected chi connectivity index (χ4v) is 3.03. The van der Waals surface area contributed by atoms with E-state index < -0.39 is 0 Å². The molecule has 0 N–H and O–H groups in total. The van der Waals surface area contributed by atoms with E-state index in [0.29, 0.717) is 11.8 Å². The lowest BCUT2D eigenvalue weighted by Gasteiger charge is -2.20. The lowest BCUT2D eigenvalue weighted by atomic mass is 9.85. The van der Waals surface area contributed by atoms with E-state index in [1.807, 2.05) is 6.07 Å². The van der Waals surface area contributed by atoms with Crippen LogP contribution in [-0.4, -0.2) is 0 Å². The molecule has 0 unspecified atom stereocenters. The van der Waals surface area contributed by atoms with Crippen LogP contribution in [0.15, 0.2) is 40.9 Å². The van der Waals surface area contributed by atoms with Crippen molar-refractivity contribution < 1.29 is 0 Å². The Morgan fingerprint density at radius 2 is 1.45 bits per heavy atom. The van der Waals surface area contributed by atoms with Crippen molar-refractivity contribution in [3.05, 3.63) is 57.0 Å². The van der Waals surface area contributed by atoms with E-state index in [-0.39, 0.29) is 0 Å². The molecular weight excluding hydrogens is 332 g/mol. The van der Waals surface area contributed by atoms with E-state index in [4.69, 9.17) is 11.6 Å². The summed E-state index contributed by atoms with van der Waals surface area (Å²) in [5, 5.41) is 0.752. The summed E-state index contributed by atoms with van der Waals surface area (Å²) in [6.07, 6.45) is 0. The number of benzene rings is 2. The van der Waals surface area contributed by atoms with Crippen LogP contribution in [0, 0.1) is 0 Å². The van der Waals surface area contributed by atoms with E-state index in [0.717, 1.165) is 9.50 Å². The van der Waals surface area contributed by atoms with Crippen LogP contribution in [0.25, 0.3) is 11.1 Å². The van der Waals surface area contributed by atoms with Crippen LogP contribution >= 0.6 is 27.5 Å². The fourth-order valence-electron chi connectivity index (χ4n) is 2.54. The van der Waals surface area contributed by atoms with Crippen LogP contribution in [0.4, 0.5) is 0 Å². The molecule has 0 aliphatic heterocycles. The Labute approximate surface area is 135 Å². The summed E-state index contributed by atoms with van der Waals surface area (Å²) in [4.78, 5) is 0.